The number of anilines is 1. The first-order chi connectivity index (χ1) is 12.4. The van der Waals surface area contributed by atoms with E-state index in [9.17, 15) is 8.42 Å². The van der Waals surface area contributed by atoms with Crippen LogP contribution < -0.4 is 10.2 Å². The average molecular weight is 408 g/mol. The number of aryl methyl sites for hydroxylation is 1. The van der Waals surface area contributed by atoms with Gasteiger partial charge in [-0.1, -0.05) is 29.3 Å². The number of nitrogens with one attached hydrogen (secondary N) is 1. The lowest BCUT2D eigenvalue weighted by molar-refractivity contribution is 0.00578. The molecule has 0 radical (unpaired) electrons. The van der Waals surface area contributed by atoms with Gasteiger partial charge in [0, 0.05) is 16.2 Å². The molecule has 0 saturated carbocycles. The molecule has 144 valence electrons. The van der Waals surface area contributed by atoms with Crippen LogP contribution in [0.4, 0.5) is 5.69 Å². The molecule has 0 unspecified atom stereocenters. The molecule has 0 amide bonds. The van der Waals surface area contributed by atoms with E-state index in [2.05, 4.69) is 4.72 Å². The molecule has 2 aromatic carbocycles. The third-order valence-electron chi connectivity index (χ3n) is 5.10. The second kappa shape index (κ2) is 6.81. The van der Waals surface area contributed by atoms with Crippen molar-refractivity contribution in [3.63, 3.8) is 0 Å². The molecule has 0 spiro atoms. The van der Waals surface area contributed by atoms with Crippen molar-refractivity contribution >= 4 is 39.9 Å². The molecule has 0 aromatic heterocycles. The molecule has 1 saturated heterocycles. The lowest BCUT2D eigenvalue weighted by Crippen LogP contribution is -2.41. The standard InChI is InChI=1S/C19H23BClNO4S/c1-13-6-9-15(10-7-13)27(23,24)22-17-11-8-14(21)12-16(17)20-25-18(2,3)19(4,5)26-20/h6-12,22H,1-5H3. The number of benzene rings is 2. The quantitative estimate of drug-likeness (QED) is 0.784. The van der Waals surface area contributed by atoms with Crippen molar-refractivity contribution in [2.24, 2.45) is 0 Å². The van der Waals surface area contributed by atoms with Crippen LogP contribution in [0.15, 0.2) is 47.4 Å². The Balaban J connectivity index is 1.97. The molecule has 27 heavy (non-hydrogen) atoms. The SMILES string of the molecule is Cc1ccc(S(=O)(=O)Nc2ccc(Cl)cc2B2OC(C)(C)C(C)(C)O2)cc1. The van der Waals surface area contributed by atoms with Gasteiger partial charge < -0.3 is 9.31 Å². The van der Waals surface area contributed by atoms with E-state index >= 15 is 0 Å². The van der Waals surface area contributed by atoms with Gasteiger partial charge in [-0.3, -0.25) is 4.72 Å². The fourth-order valence-corrected chi connectivity index (χ4v) is 3.98. The first kappa shape index (κ1) is 20.2. The number of sulfonamides is 1. The van der Waals surface area contributed by atoms with Crippen LogP contribution in [0, 0.1) is 6.92 Å². The summed E-state index contributed by atoms with van der Waals surface area (Å²) in [6, 6.07) is 11.6. The Morgan fingerprint density at radius 2 is 1.52 bits per heavy atom. The van der Waals surface area contributed by atoms with Gasteiger partial charge in [0.25, 0.3) is 10.0 Å². The molecule has 0 atom stereocenters. The van der Waals surface area contributed by atoms with E-state index in [1.807, 2.05) is 34.6 Å². The summed E-state index contributed by atoms with van der Waals surface area (Å²) in [6.07, 6.45) is 0. The lowest BCUT2D eigenvalue weighted by atomic mass is 9.78. The van der Waals surface area contributed by atoms with E-state index in [-0.39, 0.29) is 4.90 Å². The van der Waals surface area contributed by atoms with Gasteiger partial charge in [-0.05, 0) is 65.0 Å². The summed E-state index contributed by atoms with van der Waals surface area (Å²) in [5.74, 6) is 0. The van der Waals surface area contributed by atoms with E-state index < -0.39 is 28.3 Å². The summed E-state index contributed by atoms with van der Waals surface area (Å²) in [6.45, 7) is 9.65. The zero-order chi connectivity index (χ0) is 20.0. The van der Waals surface area contributed by atoms with Crippen LogP contribution in [0.1, 0.15) is 33.3 Å². The van der Waals surface area contributed by atoms with Crippen LogP contribution in [0.25, 0.3) is 0 Å². The summed E-state index contributed by atoms with van der Waals surface area (Å²) in [5, 5.41) is 0.470. The van der Waals surface area contributed by atoms with Gasteiger partial charge in [0.15, 0.2) is 0 Å². The van der Waals surface area contributed by atoms with E-state index in [0.717, 1.165) is 5.56 Å². The van der Waals surface area contributed by atoms with Crippen molar-refractivity contribution in [2.75, 3.05) is 4.72 Å². The summed E-state index contributed by atoms with van der Waals surface area (Å²) in [7, 11) is -4.49. The van der Waals surface area contributed by atoms with Crippen molar-refractivity contribution in [1.82, 2.24) is 0 Å². The first-order valence-corrected chi connectivity index (χ1v) is 10.5. The van der Waals surface area contributed by atoms with Gasteiger partial charge in [0.05, 0.1) is 16.1 Å². The Labute approximate surface area is 166 Å². The Kier molecular flexibility index (Phi) is 5.10. The third-order valence-corrected chi connectivity index (χ3v) is 6.71. The fraction of sp³-hybridized carbons (Fsp3) is 0.368. The van der Waals surface area contributed by atoms with E-state index in [1.165, 1.54) is 0 Å². The normalized spacial score (nSPS) is 18.5. The maximum atomic E-state index is 12.8. The summed E-state index contributed by atoms with van der Waals surface area (Å²) < 4.78 is 40.4. The molecular weight excluding hydrogens is 385 g/mol. The number of rotatable bonds is 4. The zero-order valence-electron chi connectivity index (χ0n) is 16.0. The minimum Gasteiger partial charge on any atom is -0.399 e. The summed E-state index contributed by atoms with van der Waals surface area (Å²) >= 11 is 6.15. The van der Waals surface area contributed by atoms with Crippen LogP contribution in [0.2, 0.25) is 5.02 Å². The minimum absolute atomic E-state index is 0.183. The predicted octanol–water partition coefficient (Wildman–Crippen LogP) is 3.75. The topological polar surface area (TPSA) is 64.6 Å². The van der Waals surface area contributed by atoms with Gasteiger partial charge in [-0.2, -0.15) is 0 Å². The predicted molar refractivity (Wildman–Crippen MR) is 109 cm³/mol. The Morgan fingerprint density at radius 3 is 2.07 bits per heavy atom. The van der Waals surface area contributed by atoms with Gasteiger partial charge in [-0.15, -0.1) is 0 Å². The molecule has 8 heteroatoms. The Morgan fingerprint density at radius 1 is 0.963 bits per heavy atom. The first-order valence-electron chi connectivity index (χ1n) is 8.66. The molecule has 2 aromatic rings. The van der Waals surface area contributed by atoms with Crippen molar-refractivity contribution in [3.8, 4) is 0 Å². The highest BCUT2D eigenvalue weighted by molar-refractivity contribution is 7.92. The molecule has 1 fully saturated rings. The second-order valence-corrected chi connectivity index (χ2v) is 9.86. The van der Waals surface area contributed by atoms with Crippen LogP contribution in [-0.4, -0.2) is 26.7 Å². The average Bonchev–Trinajstić information content (AvgIpc) is 2.77. The third kappa shape index (κ3) is 4.01. The van der Waals surface area contributed by atoms with Gasteiger partial charge in [0.1, 0.15) is 0 Å². The molecule has 1 heterocycles. The van der Waals surface area contributed by atoms with Crippen molar-refractivity contribution < 1.29 is 17.7 Å². The molecule has 0 aliphatic carbocycles. The Bertz CT molecular complexity index is 942. The molecule has 1 aliphatic rings. The smallest absolute Gasteiger partial charge is 0.399 e. The molecule has 5 nitrogen and oxygen atoms in total. The van der Waals surface area contributed by atoms with Crippen LogP contribution >= 0.6 is 11.6 Å². The zero-order valence-corrected chi connectivity index (χ0v) is 17.6. The van der Waals surface area contributed by atoms with Crippen LogP contribution in [-0.2, 0) is 19.3 Å². The molecule has 0 bridgehead atoms. The van der Waals surface area contributed by atoms with Crippen molar-refractivity contribution in [1.29, 1.82) is 0 Å². The Hall–Kier alpha value is -1.54. The molecule has 3 rings (SSSR count). The minimum atomic E-state index is -3.76. The van der Waals surface area contributed by atoms with Crippen molar-refractivity contribution in [2.45, 2.75) is 50.7 Å². The molecular formula is C19H23BClNO4S. The summed E-state index contributed by atoms with van der Waals surface area (Å²) in [5.41, 5.74) is 0.800. The van der Waals surface area contributed by atoms with Gasteiger partial charge in [-0.25, -0.2) is 8.42 Å². The lowest BCUT2D eigenvalue weighted by Gasteiger charge is -2.32. The van der Waals surface area contributed by atoms with E-state index in [4.69, 9.17) is 20.9 Å². The van der Waals surface area contributed by atoms with Crippen LogP contribution in [0.5, 0.6) is 0 Å². The highest BCUT2D eigenvalue weighted by Gasteiger charge is 2.52. The largest absolute Gasteiger partial charge is 0.497 e. The molecule has 1 aliphatic heterocycles. The number of hydrogen-bond donors (Lipinski definition) is 1. The van der Waals surface area contributed by atoms with Gasteiger partial charge >= 0.3 is 7.12 Å². The maximum Gasteiger partial charge on any atom is 0.497 e. The van der Waals surface area contributed by atoms with Gasteiger partial charge in [0.2, 0.25) is 0 Å². The monoisotopic (exact) mass is 407 g/mol. The number of hydrogen-bond acceptors (Lipinski definition) is 4. The van der Waals surface area contributed by atoms with Crippen molar-refractivity contribution in [3.05, 3.63) is 53.1 Å². The highest BCUT2D eigenvalue weighted by atomic mass is 35.5. The summed E-state index contributed by atoms with van der Waals surface area (Å²) in [4.78, 5) is 0.183. The molecule has 1 N–H and O–H groups in total. The van der Waals surface area contributed by atoms with Crippen LogP contribution in [0.3, 0.4) is 0 Å². The van der Waals surface area contributed by atoms with E-state index in [1.54, 1.807) is 42.5 Å². The number of halogens is 1. The fourth-order valence-electron chi connectivity index (χ4n) is 2.71. The maximum absolute atomic E-state index is 12.8. The highest BCUT2D eigenvalue weighted by Crippen LogP contribution is 2.37. The van der Waals surface area contributed by atoms with E-state index in [0.29, 0.717) is 16.2 Å². The second-order valence-electron chi connectivity index (χ2n) is 7.74.